The van der Waals surface area contributed by atoms with Gasteiger partial charge in [-0.15, -0.1) is 0 Å². The molecule has 0 saturated heterocycles. The minimum atomic E-state index is -0.479. The van der Waals surface area contributed by atoms with Gasteiger partial charge in [-0.05, 0) is 192 Å². The van der Waals surface area contributed by atoms with Gasteiger partial charge < -0.3 is 38.2 Å². The Labute approximate surface area is 575 Å². The molecule has 0 amide bonds. The summed E-state index contributed by atoms with van der Waals surface area (Å²) in [5.74, 6) is 2.81. The molecule has 10 heteroatoms. The maximum absolute atomic E-state index is 13.2. The molecule has 0 heterocycles. The highest BCUT2D eigenvalue weighted by atomic mass is 16.6. The zero-order chi connectivity index (χ0) is 66.9. The fourth-order valence-electron chi connectivity index (χ4n) is 14.0. The first-order valence-electron chi connectivity index (χ1n) is 33.9. The Hall–Kier alpha value is -11.4. The Balaban J connectivity index is 0.608. The predicted molar refractivity (Wildman–Crippen MR) is 395 cm³/mol. The fraction of sp³-hybridized carbons (Fsp3) is 0.182. The number of carbonyl (C=O) groups is 2. The van der Waals surface area contributed by atoms with Gasteiger partial charge in [0.2, 0.25) is 0 Å². The van der Waals surface area contributed by atoms with E-state index in [9.17, 15) is 9.59 Å². The van der Waals surface area contributed by atoms with Crippen molar-refractivity contribution in [2.24, 2.45) is 0 Å². The van der Waals surface area contributed by atoms with Crippen LogP contribution in [0.3, 0.4) is 0 Å². The highest BCUT2D eigenvalue weighted by molar-refractivity contribution is 5.82. The number of benzene rings is 11. The molecular weight excluding hydrogens is 1210 g/mol. The lowest BCUT2D eigenvalue weighted by Gasteiger charge is -2.38. The maximum Gasteiger partial charge on any atom is 0.349 e. The zero-order valence-electron chi connectivity index (χ0n) is 55.5. The van der Waals surface area contributed by atoms with Crippen molar-refractivity contribution in [3.63, 3.8) is 0 Å². The number of rotatable bonds is 24. The lowest BCUT2D eigenvalue weighted by atomic mass is 9.65. The zero-order valence-corrected chi connectivity index (χ0v) is 55.5. The van der Waals surface area contributed by atoms with E-state index in [0.717, 1.165) is 93.6 Å². The third-order valence-corrected chi connectivity index (χ3v) is 19.0. The molecule has 2 aliphatic carbocycles. The topological polar surface area (TPSA) is 96.0 Å². The average molecular weight is 1290 g/mol. The molecule has 13 rings (SSSR count). The first kappa shape index (κ1) is 65.3. The second-order valence-electron chi connectivity index (χ2n) is 25.2. The lowest BCUT2D eigenvalue weighted by molar-refractivity contribution is -0.137. The van der Waals surface area contributed by atoms with Crippen LogP contribution in [-0.2, 0) is 20.4 Å². The van der Waals surface area contributed by atoms with Crippen LogP contribution in [0.15, 0.2) is 279 Å². The van der Waals surface area contributed by atoms with E-state index in [-0.39, 0.29) is 24.0 Å². The summed E-state index contributed by atoms with van der Waals surface area (Å²) in [6.07, 6.45) is 19.9. The van der Waals surface area contributed by atoms with E-state index in [1.54, 1.807) is 14.2 Å². The summed E-state index contributed by atoms with van der Waals surface area (Å²) >= 11 is 0. The third kappa shape index (κ3) is 15.6. The predicted octanol–water partition coefficient (Wildman–Crippen LogP) is 21.5. The van der Waals surface area contributed by atoms with E-state index in [0.29, 0.717) is 23.0 Å². The number of anilines is 6. The molecule has 2 aliphatic rings. The quantitative estimate of drug-likeness (QED) is 0.0331. The number of hydrogen-bond acceptors (Lipinski definition) is 10. The fourth-order valence-corrected chi connectivity index (χ4v) is 14.0. The van der Waals surface area contributed by atoms with Crippen LogP contribution in [-0.4, -0.2) is 39.4 Å². The molecule has 0 unspecified atom stereocenters. The number of para-hydroxylation sites is 2. The van der Waals surface area contributed by atoms with Gasteiger partial charge in [0, 0.05) is 57.1 Å². The summed E-state index contributed by atoms with van der Waals surface area (Å²) in [4.78, 5) is 30.8. The Morgan fingerprint density at radius 2 is 0.592 bits per heavy atom. The minimum Gasteiger partial charge on any atom is -0.497 e. The van der Waals surface area contributed by atoms with Crippen molar-refractivity contribution < 1.29 is 38.0 Å². The normalized spacial score (nSPS) is 14.1. The maximum atomic E-state index is 13.2. The first-order chi connectivity index (χ1) is 48.2. The second-order valence-corrected chi connectivity index (χ2v) is 25.2. The number of esters is 2. The van der Waals surface area contributed by atoms with Crippen LogP contribution in [0.5, 0.6) is 34.5 Å². The Kier molecular flexibility index (Phi) is 20.7. The number of carbonyl (C=O) groups excluding carboxylic acids is 2. The summed E-state index contributed by atoms with van der Waals surface area (Å²) in [5, 5.41) is 0. The van der Waals surface area contributed by atoms with Gasteiger partial charge in [0.05, 0.1) is 14.2 Å². The van der Waals surface area contributed by atoms with E-state index < -0.39 is 11.9 Å². The lowest BCUT2D eigenvalue weighted by Crippen LogP contribution is -2.30. The van der Waals surface area contributed by atoms with Crippen LogP contribution in [0.4, 0.5) is 34.1 Å². The molecule has 11 aromatic rings. The molecule has 11 aromatic carbocycles. The Morgan fingerprint density at radius 3 is 0.908 bits per heavy atom. The molecule has 0 spiro atoms. The molecule has 490 valence electrons. The van der Waals surface area contributed by atoms with Crippen LogP contribution in [0.25, 0.3) is 24.3 Å². The average Bonchev–Trinajstić information content (AvgIpc) is 0.781. The molecule has 2 fully saturated rings. The van der Waals surface area contributed by atoms with Gasteiger partial charge in [-0.25, -0.2) is 9.59 Å². The van der Waals surface area contributed by atoms with Crippen LogP contribution in [0, 0.1) is 0 Å². The van der Waals surface area contributed by atoms with Crippen molar-refractivity contribution in [3.8, 4) is 34.5 Å². The highest BCUT2D eigenvalue weighted by Gasteiger charge is 2.37. The SMILES string of the molecule is COc1ccc(C2(c3ccc(OC(=O)COc4cccc(N(c5ccccc5)c5ccc(/C=C/c6ccc(/C=C/c7ccc(N(c8ccccc8)c8cccc(OCC(=O)Oc9ccc(C%10(c%11ccc(OC)cc%11)CCCCC%10)cc9)c8)cc7)cc6)cc5)c4)cc3)CCCCC2)cc1. The van der Waals surface area contributed by atoms with Crippen molar-refractivity contribution in [2.75, 3.05) is 37.2 Å². The summed E-state index contributed by atoms with van der Waals surface area (Å²) in [6.45, 7) is -0.492. The van der Waals surface area contributed by atoms with Crippen LogP contribution >= 0.6 is 0 Å². The standard InChI is InChI=1S/C88H80N2O8/c1-93-79-49-37-69(38-50-79)87(57-11-5-12-58-87)71-41-53-81(54-42-71)97-85(91)63-95-83-23-15-21-77(61-83)89(73-17-7-3-8-18-73)75-45-33-67(34-46-75)31-29-65-25-27-66(28-26-65)30-32-68-35-47-76(48-36-68)90(74-19-9-4-10-20-74)78-22-16-24-84(62-78)96-64-86(92)98-82-55-43-72(44-56-82)88(59-13-6-14-60-88)70-39-51-80(94-2)52-40-70/h3-4,7-10,15-56,61-62H,5-6,11-14,57-60,63-64H2,1-2H3/b31-29+,32-30+. The number of methoxy groups -OCH3 is 2. The minimum absolute atomic E-state index is 0.0893. The second kappa shape index (κ2) is 31.0. The molecule has 0 radical (unpaired) electrons. The van der Waals surface area contributed by atoms with Gasteiger partial charge in [-0.1, -0.05) is 208 Å². The molecule has 0 N–H and O–H groups in total. The molecule has 0 atom stereocenters. The van der Waals surface area contributed by atoms with Crippen molar-refractivity contribution in [3.05, 3.63) is 324 Å². The highest BCUT2D eigenvalue weighted by Crippen LogP contribution is 2.48. The van der Waals surface area contributed by atoms with E-state index in [1.165, 1.54) is 60.8 Å². The van der Waals surface area contributed by atoms with E-state index in [1.807, 2.05) is 133 Å². The van der Waals surface area contributed by atoms with Gasteiger partial charge >= 0.3 is 11.9 Å². The van der Waals surface area contributed by atoms with Gasteiger partial charge in [0.15, 0.2) is 13.2 Å². The van der Waals surface area contributed by atoms with Gasteiger partial charge in [-0.3, -0.25) is 0 Å². The van der Waals surface area contributed by atoms with Gasteiger partial charge in [0.1, 0.15) is 34.5 Å². The largest absolute Gasteiger partial charge is 0.497 e. The van der Waals surface area contributed by atoms with Crippen molar-refractivity contribution in [1.82, 2.24) is 0 Å². The van der Waals surface area contributed by atoms with Crippen LogP contribution < -0.4 is 38.2 Å². The smallest absolute Gasteiger partial charge is 0.349 e. The van der Waals surface area contributed by atoms with Crippen LogP contribution in [0.2, 0.25) is 0 Å². The summed E-state index contributed by atoms with van der Waals surface area (Å²) in [6, 6.07) is 94.3. The number of ether oxygens (including phenoxy) is 6. The third-order valence-electron chi connectivity index (χ3n) is 19.0. The molecule has 10 nitrogen and oxygen atoms in total. The molecular formula is C88H80N2O8. The number of nitrogens with zero attached hydrogens (tertiary/aromatic N) is 2. The van der Waals surface area contributed by atoms with Gasteiger partial charge in [-0.2, -0.15) is 0 Å². The first-order valence-corrected chi connectivity index (χ1v) is 33.9. The monoisotopic (exact) mass is 1290 g/mol. The molecule has 98 heavy (non-hydrogen) atoms. The summed E-state index contributed by atoms with van der Waals surface area (Å²) in [5.41, 5.74) is 14.8. The Bertz CT molecular complexity index is 4180. The van der Waals surface area contributed by atoms with E-state index >= 15 is 0 Å². The summed E-state index contributed by atoms with van der Waals surface area (Å²) < 4.78 is 34.7. The van der Waals surface area contributed by atoms with Crippen molar-refractivity contribution in [1.29, 1.82) is 0 Å². The molecule has 0 bridgehead atoms. The van der Waals surface area contributed by atoms with E-state index in [4.69, 9.17) is 28.4 Å². The van der Waals surface area contributed by atoms with Crippen molar-refractivity contribution in [2.45, 2.75) is 75.0 Å². The molecule has 0 aromatic heterocycles. The molecule has 2 saturated carbocycles. The van der Waals surface area contributed by atoms with Gasteiger partial charge in [0.25, 0.3) is 0 Å². The summed E-state index contributed by atoms with van der Waals surface area (Å²) in [7, 11) is 3.39. The Morgan fingerprint density at radius 1 is 0.306 bits per heavy atom. The van der Waals surface area contributed by atoms with Crippen LogP contribution in [0.1, 0.15) is 109 Å². The van der Waals surface area contributed by atoms with E-state index in [2.05, 4.69) is 180 Å². The number of hydrogen-bond donors (Lipinski definition) is 0. The van der Waals surface area contributed by atoms with Crippen molar-refractivity contribution >= 4 is 70.4 Å². The molecule has 0 aliphatic heterocycles.